The van der Waals surface area contributed by atoms with Crippen molar-refractivity contribution < 1.29 is 5.11 Å². The van der Waals surface area contributed by atoms with Crippen LogP contribution in [0.1, 0.15) is 13.3 Å². The second-order valence-electron chi connectivity index (χ2n) is 2.09. The van der Waals surface area contributed by atoms with Crippen LogP contribution in [-0.4, -0.2) is 5.11 Å². The Labute approximate surface area is 68.1 Å². The van der Waals surface area contributed by atoms with Crippen LogP contribution in [0.2, 0.25) is 0 Å². The van der Waals surface area contributed by atoms with Crippen molar-refractivity contribution in [2.24, 2.45) is 0 Å². The molecule has 0 saturated carbocycles. The van der Waals surface area contributed by atoms with Crippen LogP contribution in [0.5, 0.6) is 0 Å². The van der Waals surface area contributed by atoms with Crippen LogP contribution in [0.25, 0.3) is 0 Å². The molecule has 0 unspecified atom stereocenters. The first kappa shape index (κ1) is 9.76. The van der Waals surface area contributed by atoms with E-state index in [-0.39, 0.29) is 5.76 Å². The highest BCUT2D eigenvalue weighted by molar-refractivity contribution is 5.24. The molecule has 0 aliphatic rings. The Hall–Kier alpha value is -1.24. The van der Waals surface area contributed by atoms with Crippen molar-refractivity contribution in [2.75, 3.05) is 0 Å². The Bertz CT molecular complexity index is 197. The van der Waals surface area contributed by atoms with E-state index in [2.05, 4.69) is 13.2 Å². The smallest absolute Gasteiger partial charge is 0.114 e. The molecule has 0 spiro atoms. The fraction of sp³-hybridized carbons (Fsp3) is 0.200. The zero-order valence-electron chi connectivity index (χ0n) is 6.88. The second-order valence-corrected chi connectivity index (χ2v) is 2.09. The van der Waals surface area contributed by atoms with Crippen molar-refractivity contribution in [2.45, 2.75) is 13.3 Å². The molecule has 0 saturated heterocycles. The molecule has 1 heteroatoms. The van der Waals surface area contributed by atoms with Gasteiger partial charge in [0, 0.05) is 0 Å². The summed E-state index contributed by atoms with van der Waals surface area (Å²) in [6.45, 7) is 9.08. The van der Waals surface area contributed by atoms with E-state index in [0.29, 0.717) is 0 Å². The van der Waals surface area contributed by atoms with Gasteiger partial charge in [-0.2, -0.15) is 0 Å². The van der Waals surface area contributed by atoms with E-state index in [0.717, 1.165) is 12.0 Å². The van der Waals surface area contributed by atoms with Gasteiger partial charge in [0.2, 0.25) is 0 Å². The van der Waals surface area contributed by atoms with Crippen LogP contribution in [0.4, 0.5) is 0 Å². The summed E-state index contributed by atoms with van der Waals surface area (Å²) in [4.78, 5) is 0. The highest BCUT2D eigenvalue weighted by Gasteiger charge is 1.84. The minimum Gasteiger partial charge on any atom is -0.508 e. The number of hydrogen-bond acceptors (Lipinski definition) is 1. The molecule has 0 aromatic heterocycles. The highest BCUT2D eigenvalue weighted by atomic mass is 16.3. The maximum absolute atomic E-state index is 8.96. The first-order valence-corrected chi connectivity index (χ1v) is 3.59. The number of rotatable bonds is 4. The maximum atomic E-state index is 8.96. The van der Waals surface area contributed by atoms with Gasteiger partial charge in [-0.3, -0.25) is 0 Å². The highest BCUT2D eigenvalue weighted by Crippen LogP contribution is 2.02. The molecule has 0 fully saturated rings. The summed E-state index contributed by atoms with van der Waals surface area (Å²) >= 11 is 0. The van der Waals surface area contributed by atoms with Crippen molar-refractivity contribution in [3.63, 3.8) is 0 Å². The first-order chi connectivity index (χ1) is 5.24. The summed E-state index contributed by atoms with van der Waals surface area (Å²) in [5, 5.41) is 8.96. The lowest BCUT2D eigenvalue weighted by Crippen LogP contribution is -1.74. The van der Waals surface area contributed by atoms with Gasteiger partial charge in [-0.15, -0.1) is 0 Å². The monoisotopic (exact) mass is 150 g/mol. The summed E-state index contributed by atoms with van der Waals surface area (Å²) in [6.07, 6.45) is 7.52. The third kappa shape index (κ3) is 4.20. The van der Waals surface area contributed by atoms with Crippen molar-refractivity contribution in [1.82, 2.24) is 0 Å². The molecular formula is C10H14O. The molecule has 0 heterocycles. The topological polar surface area (TPSA) is 20.2 Å². The molecule has 60 valence electrons. The summed E-state index contributed by atoms with van der Waals surface area (Å²) in [5.41, 5.74) is 1.10. The van der Waals surface area contributed by atoms with Gasteiger partial charge in [0.1, 0.15) is 5.76 Å². The van der Waals surface area contributed by atoms with Crippen molar-refractivity contribution in [1.29, 1.82) is 0 Å². The lowest BCUT2D eigenvalue weighted by Gasteiger charge is -1.92. The summed E-state index contributed by atoms with van der Waals surface area (Å²) in [5.74, 6) is 0.179. The van der Waals surface area contributed by atoms with Crippen LogP contribution < -0.4 is 0 Å². The standard InChI is InChI=1S/C10H14O/c1-4-9(5-2)7-8-10(11)6-3/h4,6-8,11H,1,3,5H2,2H3/b9-7+,10-8+. The van der Waals surface area contributed by atoms with Crippen molar-refractivity contribution >= 4 is 0 Å². The molecule has 0 atom stereocenters. The molecule has 0 aromatic rings. The van der Waals surface area contributed by atoms with Crippen LogP contribution in [0.15, 0.2) is 48.8 Å². The van der Waals surface area contributed by atoms with Gasteiger partial charge in [-0.1, -0.05) is 32.2 Å². The third-order valence-corrected chi connectivity index (χ3v) is 1.35. The fourth-order valence-corrected chi connectivity index (χ4v) is 0.591. The number of aliphatic hydroxyl groups is 1. The maximum Gasteiger partial charge on any atom is 0.114 e. The quantitative estimate of drug-likeness (QED) is 0.482. The molecule has 1 N–H and O–H groups in total. The minimum atomic E-state index is 0.179. The average molecular weight is 150 g/mol. The van der Waals surface area contributed by atoms with Gasteiger partial charge in [-0.05, 0) is 24.1 Å². The fourth-order valence-electron chi connectivity index (χ4n) is 0.591. The van der Waals surface area contributed by atoms with E-state index < -0.39 is 0 Å². The van der Waals surface area contributed by atoms with Crippen LogP contribution in [0.3, 0.4) is 0 Å². The Kier molecular flexibility index (Phi) is 4.91. The summed E-state index contributed by atoms with van der Waals surface area (Å²) in [7, 11) is 0. The Morgan fingerprint density at radius 2 is 1.91 bits per heavy atom. The lowest BCUT2D eigenvalue weighted by molar-refractivity contribution is 0.433. The molecule has 11 heavy (non-hydrogen) atoms. The Morgan fingerprint density at radius 1 is 1.27 bits per heavy atom. The number of aliphatic hydroxyl groups excluding tert-OH is 1. The molecule has 0 radical (unpaired) electrons. The molecule has 0 rings (SSSR count). The largest absolute Gasteiger partial charge is 0.508 e. The number of allylic oxidation sites excluding steroid dienone is 5. The predicted molar refractivity (Wildman–Crippen MR) is 49.5 cm³/mol. The van der Waals surface area contributed by atoms with Crippen LogP contribution in [-0.2, 0) is 0 Å². The molecule has 0 aromatic carbocycles. The number of hydrogen-bond donors (Lipinski definition) is 1. The summed E-state index contributed by atoms with van der Waals surface area (Å²) in [6, 6.07) is 0. The molecule has 0 bridgehead atoms. The van der Waals surface area contributed by atoms with E-state index in [1.54, 1.807) is 12.2 Å². The first-order valence-electron chi connectivity index (χ1n) is 3.59. The van der Waals surface area contributed by atoms with E-state index in [9.17, 15) is 0 Å². The van der Waals surface area contributed by atoms with Gasteiger partial charge in [0.15, 0.2) is 0 Å². The van der Waals surface area contributed by atoms with Gasteiger partial charge in [0.05, 0.1) is 0 Å². The summed E-state index contributed by atoms with van der Waals surface area (Å²) < 4.78 is 0. The van der Waals surface area contributed by atoms with Gasteiger partial charge < -0.3 is 5.11 Å². The second kappa shape index (κ2) is 5.54. The van der Waals surface area contributed by atoms with Gasteiger partial charge in [-0.25, -0.2) is 0 Å². The third-order valence-electron chi connectivity index (χ3n) is 1.35. The Morgan fingerprint density at radius 3 is 2.27 bits per heavy atom. The van der Waals surface area contributed by atoms with Crippen LogP contribution in [0, 0.1) is 0 Å². The normalized spacial score (nSPS) is 12.8. The zero-order valence-corrected chi connectivity index (χ0v) is 6.88. The van der Waals surface area contributed by atoms with Crippen molar-refractivity contribution in [3.05, 3.63) is 48.8 Å². The molecular weight excluding hydrogens is 136 g/mol. The minimum absolute atomic E-state index is 0.179. The van der Waals surface area contributed by atoms with E-state index in [1.807, 2.05) is 13.0 Å². The van der Waals surface area contributed by atoms with E-state index in [1.165, 1.54) is 6.08 Å². The van der Waals surface area contributed by atoms with Crippen LogP contribution >= 0.6 is 0 Å². The molecule has 1 nitrogen and oxygen atoms in total. The van der Waals surface area contributed by atoms with Gasteiger partial charge >= 0.3 is 0 Å². The zero-order chi connectivity index (χ0) is 8.69. The molecule has 0 amide bonds. The predicted octanol–water partition coefficient (Wildman–Crippen LogP) is 3.14. The lowest BCUT2D eigenvalue weighted by atomic mass is 10.2. The van der Waals surface area contributed by atoms with E-state index >= 15 is 0 Å². The Balaban J connectivity index is 4.28. The molecule has 0 aliphatic carbocycles. The van der Waals surface area contributed by atoms with Crippen molar-refractivity contribution in [3.8, 4) is 0 Å². The average Bonchev–Trinajstić information content (AvgIpc) is 2.06. The van der Waals surface area contributed by atoms with E-state index in [4.69, 9.17) is 5.11 Å². The molecule has 0 aliphatic heterocycles. The SMILES string of the molecule is C=C/C(=C\C=C(\O)C=C)CC. The van der Waals surface area contributed by atoms with Gasteiger partial charge in [0.25, 0.3) is 0 Å².